The van der Waals surface area contributed by atoms with Gasteiger partial charge in [0.05, 0.1) is 28.6 Å². The minimum absolute atomic E-state index is 0.0154. The number of rotatable bonds is 15. The summed E-state index contributed by atoms with van der Waals surface area (Å²) in [6, 6.07) is 17.0. The predicted octanol–water partition coefficient (Wildman–Crippen LogP) is 9.54. The zero-order valence-electron chi connectivity index (χ0n) is 28.0. The number of carbonyl (C=O) groups is 1. The highest BCUT2D eigenvalue weighted by atomic mass is 32.2. The average Bonchev–Trinajstić information content (AvgIpc) is 2.97. The summed E-state index contributed by atoms with van der Waals surface area (Å²) < 4.78 is 36.8. The minimum Gasteiger partial charge on any atom is -0.494 e. The van der Waals surface area contributed by atoms with Crippen LogP contribution in [0.4, 0.5) is 22.7 Å². The summed E-state index contributed by atoms with van der Waals surface area (Å²) in [4.78, 5) is 14.3. The van der Waals surface area contributed by atoms with Crippen molar-refractivity contribution < 1.29 is 17.9 Å². The first kappa shape index (κ1) is 35.0. The molecule has 0 radical (unpaired) electrons. The van der Waals surface area contributed by atoms with Crippen molar-refractivity contribution in [2.75, 3.05) is 28.6 Å². The normalized spacial score (nSPS) is 11.7. The van der Waals surface area contributed by atoms with Gasteiger partial charge >= 0.3 is 0 Å². The summed E-state index contributed by atoms with van der Waals surface area (Å²) in [5.41, 5.74) is 5.17. The first-order valence-electron chi connectivity index (χ1n) is 15.8. The highest BCUT2D eigenvalue weighted by Crippen LogP contribution is 2.37. The van der Waals surface area contributed by atoms with Crippen molar-refractivity contribution in [3.05, 3.63) is 71.3 Å². The Labute approximate surface area is 265 Å². The van der Waals surface area contributed by atoms with E-state index in [2.05, 4.69) is 30.8 Å². The molecule has 240 valence electrons. The molecule has 3 rings (SSSR count). The molecule has 0 aromatic heterocycles. The fourth-order valence-corrected chi connectivity index (χ4v) is 6.81. The molecule has 0 atom stereocenters. The molecule has 3 aromatic carbocycles. The van der Waals surface area contributed by atoms with Crippen molar-refractivity contribution in [2.45, 2.75) is 104 Å². The Morgan fingerprint density at radius 3 is 1.93 bits per heavy atom. The van der Waals surface area contributed by atoms with E-state index in [9.17, 15) is 13.2 Å². The number of benzene rings is 3. The molecule has 44 heavy (non-hydrogen) atoms. The molecule has 8 heteroatoms. The quantitative estimate of drug-likeness (QED) is 0.165. The molecule has 0 unspecified atom stereocenters. The number of sulfonamides is 1. The van der Waals surface area contributed by atoms with E-state index < -0.39 is 10.0 Å². The van der Waals surface area contributed by atoms with Crippen molar-refractivity contribution in [1.82, 2.24) is 0 Å². The van der Waals surface area contributed by atoms with Crippen LogP contribution in [0.15, 0.2) is 59.5 Å². The zero-order chi connectivity index (χ0) is 32.6. The first-order chi connectivity index (χ1) is 20.7. The van der Waals surface area contributed by atoms with Gasteiger partial charge in [-0.1, -0.05) is 79.9 Å². The molecule has 0 heterocycles. The fourth-order valence-electron chi connectivity index (χ4n) is 5.06. The van der Waals surface area contributed by atoms with Crippen LogP contribution in [-0.2, 0) is 14.8 Å². The van der Waals surface area contributed by atoms with Gasteiger partial charge in [-0.25, -0.2) is 8.42 Å². The van der Waals surface area contributed by atoms with Gasteiger partial charge in [-0.05, 0) is 83.3 Å². The molecule has 0 spiro atoms. The van der Waals surface area contributed by atoms with E-state index in [1.54, 1.807) is 25.2 Å². The maximum atomic E-state index is 14.1. The molecule has 0 fully saturated rings. The van der Waals surface area contributed by atoms with E-state index in [-0.39, 0.29) is 23.7 Å². The van der Waals surface area contributed by atoms with Gasteiger partial charge < -0.3 is 15.0 Å². The molecule has 0 bridgehead atoms. The van der Waals surface area contributed by atoms with E-state index >= 15 is 0 Å². The predicted molar refractivity (Wildman–Crippen MR) is 184 cm³/mol. The monoisotopic (exact) mass is 621 g/mol. The highest BCUT2D eigenvalue weighted by molar-refractivity contribution is 7.92. The molecule has 0 aliphatic carbocycles. The van der Waals surface area contributed by atoms with E-state index in [4.69, 9.17) is 4.74 Å². The van der Waals surface area contributed by atoms with Crippen molar-refractivity contribution in [3.63, 3.8) is 0 Å². The number of carbonyl (C=O) groups excluding carboxylic acids is 1. The van der Waals surface area contributed by atoms with Crippen molar-refractivity contribution >= 4 is 38.7 Å². The van der Waals surface area contributed by atoms with Crippen LogP contribution in [0.1, 0.15) is 116 Å². The van der Waals surface area contributed by atoms with E-state index in [0.29, 0.717) is 28.6 Å². The number of nitrogens with zero attached hydrogens (tertiary/aromatic N) is 1. The lowest BCUT2D eigenvalue weighted by Crippen LogP contribution is -2.24. The summed E-state index contributed by atoms with van der Waals surface area (Å²) in [5, 5.41) is 3.38. The SMILES string of the molecule is CCCCCCOc1ccc(Nc2ccc(NS(=O)(=O)c3c(C(C)C)cc(C(C)C)cc3C(C)C)cc2N(C)C(C)=O)cc1. The fraction of sp³-hybridized carbons (Fsp3) is 0.472. The van der Waals surface area contributed by atoms with Crippen molar-refractivity contribution in [2.24, 2.45) is 0 Å². The number of ether oxygens (including phenoxy) is 1. The molecule has 2 N–H and O–H groups in total. The van der Waals surface area contributed by atoms with Crippen LogP contribution in [0.5, 0.6) is 5.75 Å². The minimum atomic E-state index is -3.95. The Morgan fingerprint density at radius 1 is 0.818 bits per heavy atom. The van der Waals surface area contributed by atoms with Crippen LogP contribution in [0, 0.1) is 0 Å². The summed E-state index contributed by atoms with van der Waals surface area (Å²) in [6.07, 6.45) is 4.60. The van der Waals surface area contributed by atoms with Gasteiger partial charge in [-0.3, -0.25) is 9.52 Å². The van der Waals surface area contributed by atoms with Gasteiger partial charge in [-0.2, -0.15) is 0 Å². The lowest BCUT2D eigenvalue weighted by molar-refractivity contribution is -0.116. The molecular formula is C36H51N3O4S. The lowest BCUT2D eigenvalue weighted by Gasteiger charge is -2.24. The Bertz CT molecular complexity index is 1480. The second-order valence-corrected chi connectivity index (χ2v) is 14.1. The lowest BCUT2D eigenvalue weighted by atomic mass is 9.89. The van der Waals surface area contributed by atoms with Crippen LogP contribution < -0.4 is 19.7 Å². The molecule has 0 saturated carbocycles. The Hall–Kier alpha value is -3.52. The van der Waals surface area contributed by atoms with Gasteiger partial charge in [0.2, 0.25) is 5.91 Å². The maximum Gasteiger partial charge on any atom is 0.262 e. The number of hydrogen-bond acceptors (Lipinski definition) is 5. The third-order valence-electron chi connectivity index (χ3n) is 7.83. The topological polar surface area (TPSA) is 87.7 Å². The second-order valence-electron chi connectivity index (χ2n) is 12.5. The number of nitrogens with one attached hydrogen (secondary N) is 2. The standard InChI is InChI=1S/C36H51N3O4S/c1-10-11-12-13-20-43-31-17-14-29(15-18-31)37-34-19-16-30(23-35(34)39(9)27(8)40)38-44(41,42)36-32(25(4)5)21-28(24(2)3)22-33(36)26(6)7/h14-19,21-26,37-38H,10-13,20H2,1-9H3. The molecule has 0 aliphatic rings. The highest BCUT2D eigenvalue weighted by Gasteiger charge is 2.27. The molecule has 3 aromatic rings. The van der Waals surface area contributed by atoms with Gasteiger partial charge in [0, 0.05) is 19.7 Å². The van der Waals surface area contributed by atoms with Crippen LogP contribution in [0.2, 0.25) is 0 Å². The second kappa shape index (κ2) is 15.5. The van der Waals surface area contributed by atoms with Crippen LogP contribution >= 0.6 is 0 Å². The zero-order valence-corrected chi connectivity index (χ0v) is 28.8. The van der Waals surface area contributed by atoms with Gasteiger partial charge in [-0.15, -0.1) is 0 Å². The summed E-state index contributed by atoms with van der Waals surface area (Å²) in [5.74, 6) is 0.941. The van der Waals surface area contributed by atoms with Gasteiger partial charge in [0.1, 0.15) is 5.75 Å². The van der Waals surface area contributed by atoms with Crippen LogP contribution in [0.25, 0.3) is 0 Å². The van der Waals surface area contributed by atoms with Gasteiger partial charge in [0.25, 0.3) is 10.0 Å². The molecule has 0 saturated heterocycles. The molecular weight excluding hydrogens is 570 g/mol. The number of anilines is 4. The number of amides is 1. The van der Waals surface area contributed by atoms with Crippen LogP contribution in [-0.4, -0.2) is 28.0 Å². The Kier molecular flexibility index (Phi) is 12.3. The summed E-state index contributed by atoms with van der Waals surface area (Å²) in [6.45, 7) is 16.7. The Morgan fingerprint density at radius 2 is 1.41 bits per heavy atom. The number of unbranched alkanes of at least 4 members (excludes halogenated alkanes) is 3. The Balaban J connectivity index is 1.94. The van der Waals surface area contributed by atoms with Crippen molar-refractivity contribution in [1.29, 1.82) is 0 Å². The maximum absolute atomic E-state index is 14.1. The third kappa shape index (κ3) is 9.00. The first-order valence-corrected chi connectivity index (χ1v) is 17.3. The van der Waals surface area contributed by atoms with E-state index in [1.807, 2.05) is 64.1 Å². The number of hydrogen-bond donors (Lipinski definition) is 2. The summed E-state index contributed by atoms with van der Waals surface area (Å²) in [7, 11) is -2.27. The molecule has 1 amide bonds. The van der Waals surface area contributed by atoms with Crippen molar-refractivity contribution in [3.8, 4) is 5.75 Å². The third-order valence-corrected chi connectivity index (χ3v) is 9.35. The van der Waals surface area contributed by atoms with Crippen LogP contribution in [0.3, 0.4) is 0 Å². The summed E-state index contributed by atoms with van der Waals surface area (Å²) >= 11 is 0. The van der Waals surface area contributed by atoms with E-state index in [1.165, 1.54) is 24.7 Å². The molecule has 0 aliphatic heterocycles. The largest absolute Gasteiger partial charge is 0.494 e. The average molecular weight is 622 g/mol. The molecule has 7 nitrogen and oxygen atoms in total. The smallest absolute Gasteiger partial charge is 0.262 e. The van der Waals surface area contributed by atoms with Gasteiger partial charge in [0.15, 0.2) is 0 Å². The van der Waals surface area contributed by atoms with E-state index in [0.717, 1.165) is 41.0 Å².